The molecule has 0 saturated heterocycles. The molecule has 2 atom stereocenters. The molecule has 0 aromatic heterocycles. The number of hydrogen-bond acceptors (Lipinski definition) is 4. The normalized spacial score (nSPS) is 24.2. The highest BCUT2D eigenvalue weighted by molar-refractivity contribution is 5.48. The van der Waals surface area contributed by atoms with Gasteiger partial charge in [-0.2, -0.15) is 0 Å². The van der Waals surface area contributed by atoms with Crippen LogP contribution in [-0.4, -0.2) is 13.6 Å². The van der Waals surface area contributed by atoms with Crippen molar-refractivity contribution in [2.75, 3.05) is 13.6 Å². The third kappa shape index (κ3) is 2.29. The van der Waals surface area contributed by atoms with Crippen LogP contribution in [0.5, 0.6) is 23.0 Å². The lowest BCUT2D eigenvalue weighted by atomic mass is 9.72. The van der Waals surface area contributed by atoms with Gasteiger partial charge in [0.15, 0.2) is 23.0 Å². The molecule has 0 N–H and O–H groups in total. The van der Waals surface area contributed by atoms with E-state index in [1.807, 2.05) is 12.1 Å². The second kappa shape index (κ2) is 5.62. The predicted octanol–water partition coefficient (Wildman–Crippen LogP) is 4.59. The second-order valence-corrected chi connectivity index (χ2v) is 6.72. The Bertz CT molecular complexity index is 705. The molecular weight excluding hydrogens is 304 g/mol. The van der Waals surface area contributed by atoms with Crippen molar-refractivity contribution in [3.63, 3.8) is 0 Å². The molecular formula is C20H20O4. The van der Waals surface area contributed by atoms with E-state index in [0.29, 0.717) is 25.4 Å². The van der Waals surface area contributed by atoms with Crippen molar-refractivity contribution in [2.45, 2.75) is 37.5 Å². The van der Waals surface area contributed by atoms with Gasteiger partial charge >= 0.3 is 0 Å². The molecule has 1 fully saturated rings. The van der Waals surface area contributed by atoms with Crippen molar-refractivity contribution < 1.29 is 18.9 Å². The quantitative estimate of drug-likeness (QED) is 0.810. The summed E-state index contributed by atoms with van der Waals surface area (Å²) in [6.07, 6.45) is 4.97. The second-order valence-electron chi connectivity index (χ2n) is 6.72. The zero-order valence-electron chi connectivity index (χ0n) is 13.5. The summed E-state index contributed by atoms with van der Waals surface area (Å²) in [6.45, 7) is 0.657. The first kappa shape index (κ1) is 14.0. The maximum absolute atomic E-state index is 5.57. The number of rotatable bonds is 2. The fourth-order valence-corrected chi connectivity index (χ4v) is 4.22. The maximum atomic E-state index is 5.57. The van der Waals surface area contributed by atoms with Crippen LogP contribution in [0.4, 0.5) is 0 Å². The third-order valence-corrected chi connectivity index (χ3v) is 5.42. The van der Waals surface area contributed by atoms with Gasteiger partial charge in [0.25, 0.3) is 0 Å². The topological polar surface area (TPSA) is 36.9 Å². The summed E-state index contributed by atoms with van der Waals surface area (Å²) in [5.74, 6) is 4.48. The number of hydrogen-bond donors (Lipinski definition) is 0. The molecule has 1 saturated carbocycles. The van der Waals surface area contributed by atoms with Crippen LogP contribution in [0.15, 0.2) is 36.4 Å². The molecule has 3 aliphatic rings. The van der Waals surface area contributed by atoms with Crippen LogP contribution in [0, 0.1) is 0 Å². The Labute approximate surface area is 141 Å². The van der Waals surface area contributed by atoms with E-state index in [2.05, 4.69) is 24.3 Å². The minimum absolute atomic E-state index is 0.328. The molecule has 2 aromatic rings. The smallest absolute Gasteiger partial charge is 0.231 e. The molecule has 5 rings (SSSR count). The van der Waals surface area contributed by atoms with E-state index in [1.165, 1.54) is 36.8 Å². The summed E-state index contributed by atoms with van der Waals surface area (Å²) < 4.78 is 22.0. The molecule has 0 spiro atoms. The van der Waals surface area contributed by atoms with Crippen LogP contribution in [-0.2, 0) is 0 Å². The molecule has 2 aromatic carbocycles. The minimum Gasteiger partial charge on any atom is -0.454 e. The summed E-state index contributed by atoms with van der Waals surface area (Å²) in [6, 6.07) is 12.8. The predicted molar refractivity (Wildman–Crippen MR) is 89.1 cm³/mol. The molecule has 4 nitrogen and oxygen atoms in total. The van der Waals surface area contributed by atoms with Crippen LogP contribution in [0.3, 0.4) is 0 Å². The average Bonchev–Trinajstić information content (AvgIpc) is 3.29. The van der Waals surface area contributed by atoms with Crippen molar-refractivity contribution in [3.05, 3.63) is 47.5 Å². The zero-order chi connectivity index (χ0) is 15.9. The fourth-order valence-electron chi connectivity index (χ4n) is 4.22. The zero-order valence-corrected chi connectivity index (χ0v) is 13.5. The van der Waals surface area contributed by atoms with Gasteiger partial charge in [0, 0.05) is 0 Å². The first-order valence-corrected chi connectivity index (χ1v) is 8.67. The Morgan fingerprint density at radius 3 is 1.54 bits per heavy atom. The van der Waals surface area contributed by atoms with E-state index in [-0.39, 0.29) is 0 Å². The minimum atomic E-state index is 0.328. The lowest BCUT2D eigenvalue weighted by Gasteiger charge is -2.32. The summed E-state index contributed by atoms with van der Waals surface area (Å²) in [5, 5.41) is 0. The molecule has 2 aliphatic heterocycles. The number of ether oxygens (including phenoxy) is 4. The van der Waals surface area contributed by atoms with Crippen LogP contribution in [0.1, 0.15) is 48.6 Å². The molecule has 0 radical (unpaired) electrons. The van der Waals surface area contributed by atoms with E-state index in [4.69, 9.17) is 18.9 Å². The molecule has 124 valence electrons. The van der Waals surface area contributed by atoms with E-state index < -0.39 is 0 Å². The van der Waals surface area contributed by atoms with Gasteiger partial charge in [0.05, 0.1) is 0 Å². The largest absolute Gasteiger partial charge is 0.454 e. The molecule has 0 bridgehead atoms. The van der Waals surface area contributed by atoms with Gasteiger partial charge in [-0.25, -0.2) is 0 Å². The summed E-state index contributed by atoms with van der Waals surface area (Å²) in [4.78, 5) is 0. The summed E-state index contributed by atoms with van der Waals surface area (Å²) in [5.41, 5.74) is 2.70. The van der Waals surface area contributed by atoms with Crippen LogP contribution in [0.25, 0.3) is 0 Å². The standard InChI is InChI=1S/C20H20O4/c1-2-4-16(14-6-8-18-20(10-14)24-12-22-18)15(3-1)13-5-7-17-19(9-13)23-11-21-17/h5-10,15-16H,1-4,11-12H2. The third-order valence-electron chi connectivity index (χ3n) is 5.42. The Morgan fingerprint density at radius 1 is 0.583 bits per heavy atom. The lowest BCUT2D eigenvalue weighted by molar-refractivity contribution is 0.173. The molecule has 2 heterocycles. The van der Waals surface area contributed by atoms with Crippen molar-refractivity contribution in [2.24, 2.45) is 0 Å². The van der Waals surface area contributed by atoms with Crippen LogP contribution < -0.4 is 18.9 Å². The van der Waals surface area contributed by atoms with Gasteiger partial charge in [-0.05, 0) is 60.1 Å². The van der Waals surface area contributed by atoms with E-state index >= 15 is 0 Å². The van der Waals surface area contributed by atoms with E-state index in [0.717, 1.165) is 23.0 Å². The Morgan fingerprint density at radius 2 is 1.04 bits per heavy atom. The molecule has 1 aliphatic carbocycles. The lowest BCUT2D eigenvalue weighted by Crippen LogP contribution is -2.16. The van der Waals surface area contributed by atoms with Gasteiger partial charge in [-0.15, -0.1) is 0 Å². The highest BCUT2D eigenvalue weighted by atomic mass is 16.7. The van der Waals surface area contributed by atoms with Crippen LogP contribution >= 0.6 is 0 Å². The number of fused-ring (bicyclic) bond motifs is 2. The van der Waals surface area contributed by atoms with E-state index in [9.17, 15) is 0 Å². The highest BCUT2D eigenvalue weighted by Crippen LogP contribution is 2.47. The van der Waals surface area contributed by atoms with Gasteiger partial charge in [0.2, 0.25) is 13.6 Å². The SMILES string of the molecule is c1cc2c(cc1C1CCCCC1c1ccc3c(c1)OCO3)OCO2. The highest BCUT2D eigenvalue weighted by Gasteiger charge is 2.30. The molecule has 24 heavy (non-hydrogen) atoms. The van der Waals surface area contributed by atoms with Gasteiger partial charge < -0.3 is 18.9 Å². The van der Waals surface area contributed by atoms with Gasteiger partial charge in [-0.1, -0.05) is 25.0 Å². The first-order valence-electron chi connectivity index (χ1n) is 8.67. The Hall–Kier alpha value is -2.36. The Kier molecular flexibility index (Phi) is 3.28. The van der Waals surface area contributed by atoms with Crippen molar-refractivity contribution in [3.8, 4) is 23.0 Å². The molecule has 4 heteroatoms. The molecule has 0 amide bonds. The first-order chi connectivity index (χ1) is 11.9. The number of benzene rings is 2. The fraction of sp³-hybridized carbons (Fsp3) is 0.400. The van der Waals surface area contributed by atoms with Gasteiger partial charge in [-0.3, -0.25) is 0 Å². The summed E-state index contributed by atoms with van der Waals surface area (Å²) >= 11 is 0. The molecule has 2 unspecified atom stereocenters. The van der Waals surface area contributed by atoms with Crippen molar-refractivity contribution in [1.82, 2.24) is 0 Å². The monoisotopic (exact) mass is 324 g/mol. The maximum Gasteiger partial charge on any atom is 0.231 e. The van der Waals surface area contributed by atoms with E-state index in [1.54, 1.807) is 0 Å². The Balaban J connectivity index is 1.49. The van der Waals surface area contributed by atoms with Gasteiger partial charge in [0.1, 0.15) is 0 Å². The van der Waals surface area contributed by atoms with Crippen LogP contribution in [0.2, 0.25) is 0 Å². The summed E-state index contributed by atoms with van der Waals surface area (Å²) in [7, 11) is 0. The van der Waals surface area contributed by atoms with Crippen molar-refractivity contribution >= 4 is 0 Å². The average molecular weight is 324 g/mol. The van der Waals surface area contributed by atoms with Crippen molar-refractivity contribution in [1.29, 1.82) is 0 Å².